The van der Waals surface area contributed by atoms with Crippen LogP contribution in [0.4, 0.5) is 0 Å². The number of hydrogen-bond acceptors (Lipinski definition) is 6. The Bertz CT molecular complexity index is 1310. The zero-order chi connectivity index (χ0) is 50.7. The molecule has 70 heavy (non-hydrogen) atoms. The molecule has 0 rings (SSSR count). The van der Waals surface area contributed by atoms with Gasteiger partial charge in [0, 0.05) is 19.3 Å². The fourth-order valence-corrected chi connectivity index (χ4v) is 8.38. The standard InChI is InChI=1S/C64H112O6/c1-4-7-10-13-16-19-22-25-28-31-34-36-39-42-45-48-51-54-57-63(66)69-60-61(70-64(67)58-55-52-49-46-43-40-37-33-30-27-24-21-18-15-12-9-6-3)59-68-62(65)56-53-50-47-44-41-38-35-32-29-26-23-20-17-14-11-8-5-2/h17-18,20-21,26-31,34,36,61H,4-16,19,22-25,32-33,35,37-60H2,1-3H3/b20-17-,21-18-,29-26-,30-27-,31-28-,36-34-. The third-order valence-corrected chi connectivity index (χ3v) is 12.9. The van der Waals surface area contributed by atoms with Gasteiger partial charge in [0.2, 0.25) is 0 Å². The molecule has 1 unspecified atom stereocenters. The molecular weight excluding hydrogens is 865 g/mol. The van der Waals surface area contributed by atoms with Gasteiger partial charge in [0.1, 0.15) is 13.2 Å². The smallest absolute Gasteiger partial charge is 0.306 e. The maximum absolute atomic E-state index is 12.9. The van der Waals surface area contributed by atoms with Crippen molar-refractivity contribution in [2.24, 2.45) is 0 Å². The molecule has 0 aliphatic rings. The molecule has 0 aliphatic carbocycles. The van der Waals surface area contributed by atoms with E-state index in [4.69, 9.17) is 14.2 Å². The number of unbranched alkanes of at least 4 members (excludes halogenated alkanes) is 32. The molecular formula is C64H112O6. The molecule has 0 bridgehead atoms. The molecule has 1 atom stereocenters. The van der Waals surface area contributed by atoms with Crippen LogP contribution in [0.5, 0.6) is 0 Å². The molecule has 0 fully saturated rings. The van der Waals surface area contributed by atoms with Crippen LogP contribution in [0.2, 0.25) is 0 Å². The summed E-state index contributed by atoms with van der Waals surface area (Å²) in [6.07, 6.45) is 74.6. The molecule has 0 saturated heterocycles. The van der Waals surface area contributed by atoms with Gasteiger partial charge in [-0.3, -0.25) is 14.4 Å². The summed E-state index contributed by atoms with van der Waals surface area (Å²) in [5, 5.41) is 0. The van der Waals surface area contributed by atoms with Crippen LogP contribution < -0.4 is 0 Å². The first-order chi connectivity index (χ1) is 34.5. The number of rotatable bonds is 54. The third kappa shape index (κ3) is 55.8. The molecule has 0 saturated carbocycles. The maximum Gasteiger partial charge on any atom is 0.306 e. The topological polar surface area (TPSA) is 78.9 Å². The van der Waals surface area contributed by atoms with Gasteiger partial charge in [0.05, 0.1) is 0 Å². The minimum Gasteiger partial charge on any atom is -0.462 e. The lowest BCUT2D eigenvalue weighted by atomic mass is 10.1. The van der Waals surface area contributed by atoms with Crippen molar-refractivity contribution in [1.82, 2.24) is 0 Å². The van der Waals surface area contributed by atoms with Crippen LogP contribution >= 0.6 is 0 Å². The van der Waals surface area contributed by atoms with Crippen LogP contribution in [0, 0.1) is 0 Å². The summed E-state index contributed by atoms with van der Waals surface area (Å²) in [7, 11) is 0. The zero-order valence-electron chi connectivity index (χ0n) is 46.3. The predicted octanol–water partition coefficient (Wildman–Crippen LogP) is 20.2. The molecule has 0 aliphatic heterocycles. The minimum atomic E-state index is -0.790. The van der Waals surface area contributed by atoms with E-state index in [9.17, 15) is 14.4 Å². The first kappa shape index (κ1) is 66.9. The minimum absolute atomic E-state index is 0.0874. The number of hydrogen-bond donors (Lipinski definition) is 0. The van der Waals surface area contributed by atoms with Crippen molar-refractivity contribution in [3.63, 3.8) is 0 Å². The average Bonchev–Trinajstić information content (AvgIpc) is 3.36. The van der Waals surface area contributed by atoms with E-state index >= 15 is 0 Å². The summed E-state index contributed by atoms with van der Waals surface area (Å²) in [5.41, 5.74) is 0. The second kappa shape index (κ2) is 58.4. The summed E-state index contributed by atoms with van der Waals surface area (Å²) < 4.78 is 16.9. The van der Waals surface area contributed by atoms with Crippen LogP contribution in [0.1, 0.15) is 297 Å². The van der Waals surface area contributed by atoms with Gasteiger partial charge in [-0.15, -0.1) is 0 Å². The van der Waals surface area contributed by atoms with Crippen LogP contribution in [-0.2, 0) is 28.6 Å². The van der Waals surface area contributed by atoms with E-state index in [1.54, 1.807) is 0 Å². The number of carbonyl (C=O) groups is 3. The molecule has 0 spiro atoms. The van der Waals surface area contributed by atoms with Crippen LogP contribution in [0.15, 0.2) is 72.9 Å². The normalized spacial score (nSPS) is 12.6. The molecule has 0 aromatic rings. The first-order valence-corrected chi connectivity index (χ1v) is 30.0. The van der Waals surface area contributed by atoms with Gasteiger partial charge in [-0.05, 0) is 109 Å². The van der Waals surface area contributed by atoms with Crippen molar-refractivity contribution < 1.29 is 28.6 Å². The molecule has 0 radical (unpaired) electrons. The quantitative estimate of drug-likeness (QED) is 0.0199. The van der Waals surface area contributed by atoms with Crippen molar-refractivity contribution in [2.45, 2.75) is 303 Å². The second-order valence-corrected chi connectivity index (χ2v) is 19.9. The Morgan fingerprint density at radius 1 is 0.300 bits per heavy atom. The van der Waals surface area contributed by atoms with Crippen molar-refractivity contribution >= 4 is 17.9 Å². The molecule has 6 heteroatoms. The SMILES string of the molecule is CCCCC/C=C\C/C=C\CCCCCCCCCC(=O)OCC(COC(=O)CCCCCCC/C=C\C=C/CCCCCCCCC)OC(=O)CCCCCCCCC/C=C\C/C=C\CCCCC. The van der Waals surface area contributed by atoms with Crippen LogP contribution in [-0.4, -0.2) is 37.2 Å². The number of esters is 3. The summed E-state index contributed by atoms with van der Waals surface area (Å²) >= 11 is 0. The van der Waals surface area contributed by atoms with Gasteiger partial charge < -0.3 is 14.2 Å². The van der Waals surface area contributed by atoms with Crippen molar-refractivity contribution in [3.8, 4) is 0 Å². The van der Waals surface area contributed by atoms with Crippen molar-refractivity contribution in [2.75, 3.05) is 13.2 Å². The Kier molecular flexibility index (Phi) is 55.8. The number of allylic oxidation sites excluding steroid dienone is 12. The Hall–Kier alpha value is -3.15. The van der Waals surface area contributed by atoms with E-state index in [2.05, 4.69) is 93.7 Å². The van der Waals surface area contributed by atoms with E-state index in [-0.39, 0.29) is 31.1 Å². The van der Waals surface area contributed by atoms with Gasteiger partial charge in [-0.2, -0.15) is 0 Å². The van der Waals surface area contributed by atoms with Gasteiger partial charge in [0.25, 0.3) is 0 Å². The highest BCUT2D eigenvalue weighted by Crippen LogP contribution is 2.15. The average molecular weight is 978 g/mol. The molecule has 0 heterocycles. The molecule has 6 nitrogen and oxygen atoms in total. The Morgan fingerprint density at radius 2 is 0.557 bits per heavy atom. The Labute approximate surface area is 433 Å². The molecule has 0 aromatic heterocycles. The van der Waals surface area contributed by atoms with Crippen molar-refractivity contribution in [3.05, 3.63) is 72.9 Å². The molecule has 0 aromatic carbocycles. The highest BCUT2D eigenvalue weighted by molar-refractivity contribution is 5.71. The highest BCUT2D eigenvalue weighted by Gasteiger charge is 2.19. The predicted molar refractivity (Wildman–Crippen MR) is 302 cm³/mol. The van der Waals surface area contributed by atoms with E-state index < -0.39 is 6.10 Å². The number of ether oxygens (including phenoxy) is 3. The van der Waals surface area contributed by atoms with E-state index in [0.717, 1.165) is 103 Å². The molecule has 0 N–H and O–H groups in total. The zero-order valence-corrected chi connectivity index (χ0v) is 46.3. The number of carbonyl (C=O) groups excluding carboxylic acids is 3. The fraction of sp³-hybridized carbons (Fsp3) is 0.766. The lowest BCUT2D eigenvalue weighted by Gasteiger charge is -2.18. The highest BCUT2D eigenvalue weighted by atomic mass is 16.6. The van der Waals surface area contributed by atoms with E-state index in [1.165, 1.54) is 154 Å². The largest absolute Gasteiger partial charge is 0.462 e. The van der Waals surface area contributed by atoms with Gasteiger partial charge in [-0.25, -0.2) is 0 Å². The Morgan fingerprint density at radius 3 is 0.900 bits per heavy atom. The fourth-order valence-electron chi connectivity index (χ4n) is 8.38. The van der Waals surface area contributed by atoms with Gasteiger partial charge >= 0.3 is 17.9 Å². The lowest BCUT2D eigenvalue weighted by molar-refractivity contribution is -0.167. The summed E-state index contributed by atoms with van der Waals surface area (Å²) in [4.78, 5) is 38.2. The van der Waals surface area contributed by atoms with E-state index in [1.807, 2.05) is 0 Å². The summed E-state index contributed by atoms with van der Waals surface area (Å²) in [5.74, 6) is -0.908. The lowest BCUT2D eigenvalue weighted by Crippen LogP contribution is -2.30. The molecule has 404 valence electrons. The first-order valence-electron chi connectivity index (χ1n) is 30.0. The monoisotopic (exact) mass is 977 g/mol. The Balaban J connectivity index is 4.43. The van der Waals surface area contributed by atoms with Crippen LogP contribution in [0.25, 0.3) is 0 Å². The van der Waals surface area contributed by atoms with Crippen molar-refractivity contribution in [1.29, 1.82) is 0 Å². The second-order valence-electron chi connectivity index (χ2n) is 19.9. The van der Waals surface area contributed by atoms with Gasteiger partial charge in [-0.1, -0.05) is 241 Å². The van der Waals surface area contributed by atoms with Gasteiger partial charge in [0.15, 0.2) is 6.10 Å². The van der Waals surface area contributed by atoms with Crippen LogP contribution in [0.3, 0.4) is 0 Å². The third-order valence-electron chi connectivity index (χ3n) is 12.9. The summed E-state index contributed by atoms with van der Waals surface area (Å²) in [6.45, 7) is 6.58. The van der Waals surface area contributed by atoms with E-state index in [0.29, 0.717) is 19.3 Å². The molecule has 0 amide bonds. The maximum atomic E-state index is 12.9. The summed E-state index contributed by atoms with van der Waals surface area (Å²) in [6, 6.07) is 0.